The molecule has 0 bridgehead atoms. The van der Waals surface area contributed by atoms with E-state index in [0.717, 1.165) is 24.7 Å². The molecule has 2 saturated heterocycles. The summed E-state index contributed by atoms with van der Waals surface area (Å²) in [6.45, 7) is 7.38. The van der Waals surface area contributed by atoms with Crippen molar-refractivity contribution in [2.24, 2.45) is 0 Å². The van der Waals surface area contributed by atoms with Crippen molar-refractivity contribution < 1.29 is 5.11 Å². The Labute approximate surface area is 131 Å². The average Bonchev–Trinajstić information content (AvgIpc) is 3.04. The fourth-order valence-electron chi connectivity index (χ4n) is 3.24. The molecule has 0 radical (unpaired) electrons. The molecule has 1 unspecified atom stereocenters. The number of aromatic nitrogens is 2. The molecule has 0 aliphatic carbocycles. The van der Waals surface area contributed by atoms with E-state index in [-0.39, 0.29) is 6.61 Å². The zero-order chi connectivity index (χ0) is 15.4. The van der Waals surface area contributed by atoms with Gasteiger partial charge in [-0.1, -0.05) is 0 Å². The van der Waals surface area contributed by atoms with Crippen LogP contribution >= 0.6 is 0 Å². The summed E-state index contributed by atoms with van der Waals surface area (Å²) in [5, 5.41) is 12.0. The zero-order valence-electron chi connectivity index (χ0n) is 13.3. The van der Waals surface area contributed by atoms with Crippen molar-refractivity contribution in [2.45, 2.75) is 12.5 Å². The van der Waals surface area contributed by atoms with Crippen molar-refractivity contribution in [3.8, 4) is 0 Å². The second-order valence-corrected chi connectivity index (χ2v) is 6.14. The summed E-state index contributed by atoms with van der Waals surface area (Å²) in [4.78, 5) is 16.0. The second kappa shape index (κ2) is 7.21. The number of rotatable bonds is 5. The van der Waals surface area contributed by atoms with Gasteiger partial charge in [0.05, 0.1) is 6.61 Å². The van der Waals surface area contributed by atoms with E-state index in [9.17, 15) is 0 Å². The standard InChI is InChI=1S/C15H26N6O/c1-19-5-7-20(8-6-19)13-2-4-21(11-13)15-10-14(16-3-9-22)17-12-18-15/h10,12-13,22H,2-9,11H2,1H3,(H,16,17,18). The number of nitrogens with one attached hydrogen (secondary N) is 1. The third-order valence-corrected chi connectivity index (χ3v) is 4.61. The monoisotopic (exact) mass is 306 g/mol. The van der Waals surface area contributed by atoms with Crippen molar-refractivity contribution in [3.05, 3.63) is 12.4 Å². The van der Waals surface area contributed by atoms with E-state index < -0.39 is 0 Å². The molecule has 3 heterocycles. The topological polar surface area (TPSA) is 67.8 Å². The van der Waals surface area contributed by atoms with E-state index in [1.54, 1.807) is 6.33 Å². The molecule has 0 amide bonds. The lowest BCUT2D eigenvalue weighted by molar-refractivity contribution is 0.120. The smallest absolute Gasteiger partial charge is 0.134 e. The van der Waals surface area contributed by atoms with Crippen LogP contribution in [0.4, 0.5) is 11.6 Å². The maximum atomic E-state index is 8.88. The first-order chi connectivity index (χ1) is 10.8. The molecule has 3 rings (SSSR count). The predicted octanol–water partition coefficient (Wildman–Crippen LogP) is -0.293. The molecule has 122 valence electrons. The molecular formula is C15H26N6O. The number of piperazine rings is 1. The molecular weight excluding hydrogens is 280 g/mol. The van der Waals surface area contributed by atoms with Gasteiger partial charge in [-0.05, 0) is 13.5 Å². The van der Waals surface area contributed by atoms with Crippen molar-refractivity contribution in [2.75, 3.05) is 69.7 Å². The Balaban J connectivity index is 1.58. The Kier molecular flexibility index (Phi) is 5.07. The molecule has 7 heteroatoms. The SMILES string of the molecule is CN1CCN(C2CCN(c3cc(NCCO)ncn3)C2)CC1. The van der Waals surface area contributed by atoms with Crippen LogP contribution < -0.4 is 10.2 Å². The summed E-state index contributed by atoms with van der Waals surface area (Å²) in [6.07, 6.45) is 2.80. The number of nitrogens with zero attached hydrogens (tertiary/aromatic N) is 5. The van der Waals surface area contributed by atoms with Gasteiger partial charge in [-0.3, -0.25) is 4.90 Å². The lowest BCUT2D eigenvalue weighted by Crippen LogP contribution is -2.49. The molecule has 1 atom stereocenters. The molecule has 2 fully saturated rings. The Hall–Kier alpha value is -1.44. The molecule has 1 aromatic heterocycles. The Bertz CT molecular complexity index is 477. The minimum atomic E-state index is 0.106. The third-order valence-electron chi connectivity index (χ3n) is 4.61. The van der Waals surface area contributed by atoms with Crippen LogP contribution in [0.1, 0.15) is 6.42 Å². The van der Waals surface area contributed by atoms with Gasteiger partial charge in [-0.2, -0.15) is 0 Å². The van der Waals surface area contributed by atoms with E-state index in [1.165, 1.54) is 32.6 Å². The highest BCUT2D eigenvalue weighted by Gasteiger charge is 2.30. The van der Waals surface area contributed by atoms with Gasteiger partial charge in [0.1, 0.15) is 18.0 Å². The van der Waals surface area contributed by atoms with Crippen LogP contribution in [0.2, 0.25) is 0 Å². The van der Waals surface area contributed by atoms with Crippen molar-refractivity contribution in [3.63, 3.8) is 0 Å². The third kappa shape index (κ3) is 3.66. The first kappa shape index (κ1) is 15.5. The quantitative estimate of drug-likeness (QED) is 0.774. The van der Waals surface area contributed by atoms with Crippen LogP contribution in [0.3, 0.4) is 0 Å². The number of hydrogen-bond acceptors (Lipinski definition) is 7. The molecule has 0 saturated carbocycles. The van der Waals surface area contributed by atoms with E-state index in [4.69, 9.17) is 5.11 Å². The number of likely N-dealkylation sites (N-methyl/N-ethyl adjacent to an activating group) is 1. The van der Waals surface area contributed by atoms with Crippen molar-refractivity contribution in [1.29, 1.82) is 0 Å². The second-order valence-electron chi connectivity index (χ2n) is 6.14. The van der Waals surface area contributed by atoms with Gasteiger partial charge < -0.3 is 20.2 Å². The molecule has 1 aromatic rings. The van der Waals surface area contributed by atoms with Crippen LogP contribution in [-0.4, -0.2) is 90.4 Å². The van der Waals surface area contributed by atoms with Crippen LogP contribution in [0.5, 0.6) is 0 Å². The summed E-state index contributed by atoms with van der Waals surface area (Å²) >= 11 is 0. The summed E-state index contributed by atoms with van der Waals surface area (Å²) < 4.78 is 0. The largest absolute Gasteiger partial charge is 0.395 e. The molecule has 2 aliphatic heterocycles. The first-order valence-electron chi connectivity index (χ1n) is 8.10. The van der Waals surface area contributed by atoms with Crippen LogP contribution in [0.15, 0.2) is 12.4 Å². The molecule has 0 aromatic carbocycles. The summed E-state index contributed by atoms with van der Waals surface area (Å²) in [5.41, 5.74) is 0. The lowest BCUT2D eigenvalue weighted by Gasteiger charge is -2.36. The fraction of sp³-hybridized carbons (Fsp3) is 0.733. The average molecular weight is 306 g/mol. The summed E-state index contributed by atoms with van der Waals surface area (Å²) in [6, 6.07) is 2.61. The van der Waals surface area contributed by atoms with E-state index in [1.807, 2.05) is 6.07 Å². The number of aliphatic hydroxyl groups is 1. The Morgan fingerprint density at radius 2 is 2.05 bits per heavy atom. The van der Waals surface area contributed by atoms with Gasteiger partial charge in [0, 0.05) is 57.9 Å². The summed E-state index contributed by atoms with van der Waals surface area (Å²) in [5.74, 6) is 1.76. The highest BCUT2D eigenvalue weighted by Crippen LogP contribution is 2.23. The minimum absolute atomic E-state index is 0.106. The normalized spacial score (nSPS) is 23.9. The van der Waals surface area contributed by atoms with Crippen LogP contribution in [0.25, 0.3) is 0 Å². The molecule has 2 aliphatic rings. The van der Waals surface area contributed by atoms with Gasteiger partial charge in [0.15, 0.2) is 0 Å². The van der Waals surface area contributed by atoms with Gasteiger partial charge in [0.2, 0.25) is 0 Å². The molecule has 0 spiro atoms. The molecule has 22 heavy (non-hydrogen) atoms. The fourth-order valence-corrected chi connectivity index (χ4v) is 3.24. The zero-order valence-corrected chi connectivity index (χ0v) is 13.3. The molecule has 7 nitrogen and oxygen atoms in total. The van der Waals surface area contributed by atoms with E-state index in [2.05, 4.69) is 37.0 Å². The van der Waals surface area contributed by atoms with Crippen LogP contribution in [0, 0.1) is 0 Å². The lowest BCUT2D eigenvalue weighted by atomic mass is 10.2. The van der Waals surface area contributed by atoms with Gasteiger partial charge in [0.25, 0.3) is 0 Å². The van der Waals surface area contributed by atoms with Crippen molar-refractivity contribution >= 4 is 11.6 Å². The Morgan fingerprint density at radius 1 is 1.23 bits per heavy atom. The van der Waals surface area contributed by atoms with E-state index in [0.29, 0.717) is 12.6 Å². The van der Waals surface area contributed by atoms with Crippen molar-refractivity contribution in [1.82, 2.24) is 19.8 Å². The van der Waals surface area contributed by atoms with Gasteiger partial charge in [-0.15, -0.1) is 0 Å². The van der Waals surface area contributed by atoms with Gasteiger partial charge >= 0.3 is 0 Å². The number of hydrogen-bond donors (Lipinski definition) is 2. The highest BCUT2D eigenvalue weighted by atomic mass is 16.3. The van der Waals surface area contributed by atoms with Crippen LogP contribution in [-0.2, 0) is 0 Å². The first-order valence-corrected chi connectivity index (χ1v) is 8.10. The number of aliphatic hydroxyl groups excluding tert-OH is 1. The maximum absolute atomic E-state index is 8.88. The maximum Gasteiger partial charge on any atom is 0.134 e. The minimum Gasteiger partial charge on any atom is -0.395 e. The Morgan fingerprint density at radius 3 is 2.82 bits per heavy atom. The van der Waals surface area contributed by atoms with E-state index >= 15 is 0 Å². The predicted molar refractivity (Wildman–Crippen MR) is 87.3 cm³/mol. The summed E-state index contributed by atoms with van der Waals surface area (Å²) in [7, 11) is 2.19. The number of anilines is 2. The molecule has 2 N–H and O–H groups in total. The van der Waals surface area contributed by atoms with Gasteiger partial charge in [-0.25, -0.2) is 9.97 Å². The highest BCUT2D eigenvalue weighted by molar-refractivity contribution is 5.49.